The first-order valence-electron chi connectivity index (χ1n) is 22.1. The summed E-state index contributed by atoms with van der Waals surface area (Å²) in [5, 5.41) is 12.5. The van der Waals surface area contributed by atoms with Crippen LogP contribution in [-0.4, -0.2) is 19.1 Å². The largest absolute Gasteiger partial charge is 0.308 e. The molecule has 4 nitrogen and oxygen atoms in total. The van der Waals surface area contributed by atoms with Crippen LogP contribution in [0.15, 0.2) is 207 Å². The van der Waals surface area contributed by atoms with Gasteiger partial charge in [0.2, 0.25) is 0 Å². The Kier molecular flexibility index (Phi) is 7.07. The Morgan fingerprint density at radius 3 is 1.63 bits per heavy atom. The number of hydrogen-bond donors (Lipinski definition) is 0. The van der Waals surface area contributed by atoms with E-state index in [9.17, 15) is 0 Å². The van der Waals surface area contributed by atoms with E-state index in [1.54, 1.807) is 0 Å². The van der Waals surface area contributed by atoms with Crippen LogP contribution in [0.5, 0.6) is 0 Å². The molecule has 300 valence electrons. The fraction of sp³-hybridized carbons (Fsp3) is 0. The number of aromatic nitrogens is 4. The zero-order valence-electron chi connectivity index (χ0n) is 34.8. The van der Waals surface area contributed by atoms with Gasteiger partial charge in [0.1, 0.15) is 0 Å². The van der Waals surface area contributed by atoms with Gasteiger partial charge in [-0.15, -0.1) is 11.3 Å². The summed E-state index contributed by atoms with van der Waals surface area (Å²) in [7, 11) is 0. The van der Waals surface area contributed by atoms with Crippen molar-refractivity contribution in [3.05, 3.63) is 207 Å². The summed E-state index contributed by atoms with van der Waals surface area (Å²) in [6.07, 6.45) is 7.79. The summed E-state index contributed by atoms with van der Waals surface area (Å²) in [5.41, 5.74) is 16.6. The highest BCUT2D eigenvalue weighted by Gasteiger charge is 2.25. The van der Waals surface area contributed by atoms with E-state index < -0.39 is 0 Å². The predicted octanol–water partition coefficient (Wildman–Crippen LogP) is 16.3. The Labute approximate surface area is 376 Å². The molecule has 0 spiro atoms. The Balaban J connectivity index is 0.947. The van der Waals surface area contributed by atoms with Crippen LogP contribution in [0.2, 0.25) is 0 Å². The highest BCUT2D eigenvalue weighted by molar-refractivity contribution is 7.26. The predicted molar refractivity (Wildman–Crippen MR) is 274 cm³/mol. The first-order chi connectivity index (χ1) is 32.2. The minimum atomic E-state index is 1.08. The summed E-state index contributed by atoms with van der Waals surface area (Å²) < 4.78 is 7.44. The molecule has 5 heterocycles. The van der Waals surface area contributed by atoms with E-state index in [-0.39, 0.29) is 0 Å². The van der Waals surface area contributed by atoms with Crippen molar-refractivity contribution < 1.29 is 0 Å². The van der Waals surface area contributed by atoms with Crippen molar-refractivity contribution in [3.8, 4) is 55.9 Å². The van der Waals surface area contributed by atoms with Crippen LogP contribution in [0, 0.1) is 0 Å². The molecule has 0 aliphatic heterocycles. The molecule has 0 radical (unpaired) electrons. The average molecular weight is 843 g/mol. The third kappa shape index (κ3) is 4.90. The average Bonchev–Trinajstić information content (AvgIpc) is 4.10. The van der Waals surface area contributed by atoms with Crippen molar-refractivity contribution in [1.29, 1.82) is 0 Å². The molecule has 0 saturated heterocycles. The quantitative estimate of drug-likeness (QED) is 0.177. The van der Waals surface area contributed by atoms with Gasteiger partial charge in [-0.05, 0) is 133 Å². The van der Waals surface area contributed by atoms with Crippen molar-refractivity contribution >= 4 is 96.7 Å². The van der Waals surface area contributed by atoms with Crippen molar-refractivity contribution in [1.82, 2.24) is 19.1 Å². The van der Waals surface area contributed by atoms with Gasteiger partial charge in [-0.2, -0.15) is 0 Å². The molecule has 0 bridgehead atoms. The minimum Gasteiger partial charge on any atom is -0.308 e. The summed E-state index contributed by atoms with van der Waals surface area (Å²) in [6.45, 7) is 0. The molecule has 0 saturated carbocycles. The van der Waals surface area contributed by atoms with Crippen LogP contribution in [0.4, 0.5) is 0 Å². The molecular weight excluding hydrogens is 809 g/mol. The summed E-state index contributed by atoms with van der Waals surface area (Å²) in [5.74, 6) is 0. The van der Waals surface area contributed by atoms with Crippen LogP contribution in [0.25, 0.3) is 141 Å². The van der Waals surface area contributed by atoms with Crippen LogP contribution in [0.3, 0.4) is 0 Å². The van der Waals surface area contributed by atoms with E-state index in [2.05, 4.69) is 201 Å². The van der Waals surface area contributed by atoms with Gasteiger partial charge in [0.15, 0.2) is 0 Å². The normalized spacial score (nSPS) is 12.3. The molecule has 1 aliphatic carbocycles. The first kappa shape index (κ1) is 35.1. The van der Waals surface area contributed by atoms with E-state index in [0.717, 1.165) is 39.0 Å². The number of fused-ring (bicyclic) bond motifs is 13. The van der Waals surface area contributed by atoms with Gasteiger partial charge < -0.3 is 9.13 Å². The van der Waals surface area contributed by atoms with E-state index in [1.165, 1.54) is 102 Å². The molecule has 1 aliphatic rings. The Morgan fingerprint density at radius 2 is 0.908 bits per heavy atom. The second-order valence-electron chi connectivity index (χ2n) is 17.4. The van der Waals surface area contributed by atoms with Gasteiger partial charge in [0, 0.05) is 65.5 Å². The summed E-state index contributed by atoms with van der Waals surface area (Å²) in [6, 6.07) is 67.7. The molecule has 0 N–H and O–H groups in total. The molecule has 9 aromatic carbocycles. The smallest absolute Gasteiger partial charge is 0.0724 e. The number of rotatable bonds is 4. The van der Waals surface area contributed by atoms with Crippen LogP contribution in [0.1, 0.15) is 0 Å². The van der Waals surface area contributed by atoms with Crippen LogP contribution in [-0.2, 0) is 0 Å². The first-order valence-corrected chi connectivity index (χ1v) is 22.9. The third-order valence-electron chi connectivity index (χ3n) is 14.0. The number of hydrogen-bond acceptors (Lipinski definition) is 3. The maximum absolute atomic E-state index is 4.64. The standard InChI is InChI=1S/C60H34N4S/c1-4-16-54-43(9-1)45-23-25-61-33-56(45)63(54)39-28-38(29-40(32-39)64-55-17-5-2-10-44(55)46-24-26-62-34-57(46)64)41-21-22-50-53-31-37-27-36(20-19-35(37)30-52(53)49-14-8-13-48(41)59(49)50)42-12-7-15-51-47-11-3-6-18-58(47)65-60(42)51/h1-34H. The number of pyridine rings is 2. The SMILES string of the molecule is c1ccc2c(c1)sc1c(-c3ccc4cc5c(cc4c3)-c3ccc(-c4cc(-n6c7ccccc7c7ccncc76)cc(-n6c7ccccc7c7ccncc76)c4)c4cccc-5c34)cccc12. The maximum atomic E-state index is 4.64. The van der Waals surface area contributed by atoms with Crippen molar-refractivity contribution in [2.45, 2.75) is 0 Å². The van der Waals surface area contributed by atoms with Crippen LogP contribution >= 0.6 is 11.3 Å². The highest BCUT2D eigenvalue weighted by atomic mass is 32.1. The third-order valence-corrected chi connectivity index (χ3v) is 15.2. The van der Waals surface area contributed by atoms with Gasteiger partial charge in [0.05, 0.1) is 34.5 Å². The Morgan fingerprint density at radius 1 is 0.338 bits per heavy atom. The number of thiophene rings is 1. The lowest BCUT2D eigenvalue weighted by Gasteiger charge is -2.17. The Hall–Kier alpha value is -8.38. The highest BCUT2D eigenvalue weighted by Crippen LogP contribution is 2.51. The number of nitrogens with zero attached hydrogens (tertiary/aromatic N) is 4. The van der Waals surface area contributed by atoms with Gasteiger partial charge in [-0.25, -0.2) is 0 Å². The molecule has 5 aromatic heterocycles. The minimum absolute atomic E-state index is 1.08. The lowest BCUT2D eigenvalue weighted by Crippen LogP contribution is -2.00. The fourth-order valence-corrected chi connectivity index (χ4v) is 12.4. The molecule has 15 rings (SSSR count). The Bertz CT molecular complexity index is 4140. The summed E-state index contributed by atoms with van der Waals surface area (Å²) in [4.78, 5) is 9.28. The number of benzene rings is 9. The fourth-order valence-electron chi connectivity index (χ4n) is 11.2. The lowest BCUT2D eigenvalue weighted by atomic mass is 9.93. The second-order valence-corrected chi connectivity index (χ2v) is 18.4. The topological polar surface area (TPSA) is 35.6 Å². The van der Waals surface area contributed by atoms with Crippen molar-refractivity contribution in [2.75, 3.05) is 0 Å². The number of para-hydroxylation sites is 2. The molecule has 65 heavy (non-hydrogen) atoms. The van der Waals surface area contributed by atoms with Gasteiger partial charge in [0.25, 0.3) is 0 Å². The molecule has 0 amide bonds. The molecule has 0 fully saturated rings. The molecule has 5 heteroatoms. The monoisotopic (exact) mass is 842 g/mol. The van der Waals surface area contributed by atoms with E-state index in [0.29, 0.717) is 0 Å². The molecule has 14 aromatic rings. The lowest BCUT2D eigenvalue weighted by molar-refractivity contribution is 1.12. The van der Waals surface area contributed by atoms with Gasteiger partial charge in [-0.3, -0.25) is 9.97 Å². The van der Waals surface area contributed by atoms with Gasteiger partial charge >= 0.3 is 0 Å². The van der Waals surface area contributed by atoms with E-state index >= 15 is 0 Å². The van der Waals surface area contributed by atoms with E-state index in [4.69, 9.17) is 0 Å². The molecular formula is C60H34N4S. The zero-order chi connectivity index (χ0) is 42.3. The molecule has 0 atom stereocenters. The summed E-state index contributed by atoms with van der Waals surface area (Å²) >= 11 is 1.89. The van der Waals surface area contributed by atoms with Crippen molar-refractivity contribution in [3.63, 3.8) is 0 Å². The van der Waals surface area contributed by atoms with E-state index in [1.807, 2.05) is 36.1 Å². The van der Waals surface area contributed by atoms with Gasteiger partial charge in [-0.1, -0.05) is 115 Å². The van der Waals surface area contributed by atoms with Crippen LogP contribution < -0.4 is 0 Å². The second kappa shape index (κ2) is 13.1. The zero-order valence-corrected chi connectivity index (χ0v) is 35.6. The maximum Gasteiger partial charge on any atom is 0.0724 e. The van der Waals surface area contributed by atoms with Crippen molar-refractivity contribution in [2.24, 2.45) is 0 Å². The molecule has 0 unspecified atom stereocenters.